The molecule has 2 aromatic rings. The number of nitrogens with zero attached hydrogens (tertiary/aromatic N) is 3. The van der Waals surface area contributed by atoms with Crippen LogP contribution in [0.2, 0.25) is 15.2 Å². The molecule has 1 aromatic heterocycles. The van der Waals surface area contributed by atoms with Crippen molar-refractivity contribution in [3.8, 4) is 0 Å². The standard InChI is InChI=1S/C15H14Cl3N5O/c1-23(2)9-5-3-8(4-6-9)7-20-22-15(24)13-10(16)12(19)11(17)14(18)21-13/h3-7H,1-2H3,(H2,19,21)(H,22,24)/b20-7-. The summed E-state index contributed by atoms with van der Waals surface area (Å²) in [6.07, 6.45) is 1.49. The van der Waals surface area contributed by atoms with Gasteiger partial charge in [-0.05, 0) is 17.7 Å². The molecular weight excluding hydrogens is 373 g/mol. The number of halogens is 3. The maximum Gasteiger partial charge on any atom is 0.291 e. The van der Waals surface area contributed by atoms with Crippen molar-refractivity contribution < 1.29 is 4.79 Å². The zero-order valence-electron chi connectivity index (χ0n) is 12.8. The average molecular weight is 387 g/mol. The molecule has 126 valence electrons. The average Bonchev–Trinajstić information content (AvgIpc) is 2.56. The third kappa shape index (κ3) is 4.08. The van der Waals surface area contributed by atoms with Crippen LogP contribution >= 0.6 is 34.8 Å². The van der Waals surface area contributed by atoms with E-state index in [1.165, 1.54) is 6.21 Å². The van der Waals surface area contributed by atoms with Crippen LogP contribution in [0.15, 0.2) is 29.4 Å². The van der Waals surface area contributed by atoms with Crippen molar-refractivity contribution in [3.63, 3.8) is 0 Å². The molecule has 0 bridgehead atoms. The van der Waals surface area contributed by atoms with Gasteiger partial charge in [-0.1, -0.05) is 46.9 Å². The van der Waals surface area contributed by atoms with Crippen LogP contribution < -0.4 is 16.1 Å². The monoisotopic (exact) mass is 385 g/mol. The van der Waals surface area contributed by atoms with E-state index in [0.717, 1.165) is 11.3 Å². The van der Waals surface area contributed by atoms with E-state index in [1.807, 2.05) is 43.3 Å². The lowest BCUT2D eigenvalue weighted by molar-refractivity contribution is 0.0950. The number of hydrogen-bond donors (Lipinski definition) is 2. The van der Waals surface area contributed by atoms with E-state index >= 15 is 0 Å². The largest absolute Gasteiger partial charge is 0.396 e. The van der Waals surface area contributed by atoms with Crippen molar-refractivity contribution in [2.45, 2.75) is 0 Å². The summed E-state index contributed by atoms with van der Waals surface area (Å²) in [5.74, 6) is -0.647. The number of nitrogens with two attached hydrogens (primary N) is 1. The molecule has 9 heteroatoms. The summed E-state index contributed by atoms with van der Waals surface area (Å²) in [5.41, 5.74) is 9.69. The predicted octanol–water partition coefficient (Wildman–Crippen LogP) is 3.45. The summed E-state index contributed by atoms with van der Waals surface area (Å²) >= 11 is 17.6. The molecule has 1 amide bonds. The van der Waals surface area contributed by atoms with Crippen LogP contribution in [0.1, 0.15) is 16.1 Å². The van der Waals surface area contributed by atoms with Gasteiger partial charge in [0, 0.05) is 19.8 Å². The van der Waals surface area contributed by atoms with Crippen LogP contribution in [0, 0.1) is 0 Å². The number of carbonyl (C=O) groups excluding carboxylic acids is 1. The Morgan fingerprint density at radius 2 is 1.83 bits per heavy atom. The Labute approximate surface area is 154 Å². The van der Waals surface area contributed by atoms with E-state index in [1.54, 1.807) is 0 Å². The molecule has 0 atom stereocenters. The second-order valence-corrected chi connectivity index (χ2v) is 6.09. The van der Waals surface area contributed by atoms with Crippen molar-refractivity contribution in [1.82, 2.24) is 10.4 Å². The number of hydrazone groups is 1. The molecule has 1 aromatic carbocycles. The molecule has 24 heavy (non-hydrogen) atoms. The maximum atomic E-state index is 12.1. The lowest BCUT2D eigenvalue weighted by atomic mass is 10.2. The molecule has 0 aliphatic rings. The molecule has 2 rings (SSSR count). The van der Waals surface area contributed by atoms with Gasteiger partial charge in [-0.2, -0.15) is 5.10 Å². The van der Waals surface area contributed by atoms with Gasteiger partial charge in [-0.3, -0.25) is 4.79 Å². The van der Waals surface area contributed by atoms with Crippen LogP contribution in [-0.4, -0.2) is 31.2 Å². The van der Waals surface area contributed by atoms with Gasteiger partial charge >= 0.3 is 0 Å². The molecule has 3 N–H and O–H groups in total. The maximum absolute atomic E-state index is 12.1. The first-order valence-corrected chi connectivity index (χ1v) is 7.85. The number of aromatic nitrogens is 1. The van der Waals surface area contributed by atoms with Crippen LogP contribution in [0.4, 0.5) is 11.4 Å². The van der Waals surface area contributed by atoms with Gasteiger partial charge in [0.1, 0.15) is 5.02 Å². The van der Waals surface area contributed by atoms with E-state index in [-0.39, 0.29) is 26.6 Å². The Morgan fingerprint density at radius 3 is 2.42 bits per heavy atom. The highest BCUT2D eigenvalue weighted by Gasteiger charge is 2.19. The predicted molar refractivity (Wildman–Crippen MR) is 99.5 cm³/mol. The topological polar surface area (TPSA) is 83.6 Å². The minimum atomic E-state index is -0.647. The summed E-state index contributed by atoms with van der Waals surface area (Å²) in [6, 6.07) is 7.60. The Hall–Kier alpha value is -2.02. The molecule has 0 spiro atoms. The Morgan fingerprint density at radius 1 is 1.21 bits per heavy atom. The quantitative estimate of drug-likeness (QED) is 0.479. The van der Waals surface area contributed by atoms with Crippen molar-refractivity contribution in [2.75, 3.05) is 24.7 Å². The zero-order chi connectivity index (χ0) is 17.9. The molecular formula is C15H14Cl3N5O. The first-order chi connectivity index (χ1) is 11.3. The number of benzene rings is 1. The van der Waals surface area contributed by atoms with Crippen molar-refractivity contribution in [2.24, 2.45) is 5.10 Å². The summed E-state index contributed by atoms with van der Waals surface area (Å²) < 4.78 is 0. The SMILES string of the molecule is CN(C)c1ccc(/C=N\NC(=O)c2nc(Cl)c(Cl)c(N)c2Cl)cc1. The minimum absolute atomic E-state index is 0.00250. The van der Waals surface area contributed by atoms with Crippen molar-refractivity contribution in [3.05, 3.63) is 50.7 Å². The first-order valence-electron chi connectivity index (χ1n) is 6.72. The van der Waals surface area contributed by atoms with Gasteiger partial charge in [-0.15, -0.1) is 0 Å². The van der Waals surface area contributed by atoms with E-state index in [2.05, 4.69) is 15.5 Å². The summed E-state index contributed by atoms with van der Waals surface area (Å²) in [7, 11) is 3.89. The number of nitrogens with one attached hydrogen (secondary N) is 1. The smallest absolute Gasteiger partial charge is 0.291 e. The molecule has 0 fully saturated rings. The summed E-state index contributed by atoms with van der Waals surface area (Å²) in [4.78, 5) is 17.9. The molecule has 0 saturated heterocycles. The summed E-state index contributed by atoms with van der Waals surface area (Å²) in [6.45, 7) is 0. The van der Waals surface area contributed by atoms with Crippen LogP contribution in [0.25, 0.3) is 0 Å². The highest BCUT2D eigenvalue weighted by Crippen LogP contribution is 2.34. The molecule has 6 nitrogen and oxygen atoms in total. The van der Waals surface area contributed by atoms with Gasteiger partial charge in [0.15, 0.2) is 10.8 Å². The molecule has 0 radical (unpaired) electrons. The molecule has 0 saturated carbocycles. The minimum Gasteiger partial charge on any atom is -0.396 e. The second-order valence-electron chi connectivity index (χ2n) is 4.98. The first kappa shape index (κ1) is 18.3. The van der Waals surface area contributed by atoms with E-state index < -0.39 is 5.91 Å². The third-order valence-corrected chi connectivity index (χ3v) is 4.21. The van der Waals surface area contributed by atoms with E-state index in [4.69, 9.17) is 40.5 Å². The highest BCUT2D eigenvalue weighted by atomic mass is 35.5. The summed E-state index contributed by atoms with van der Waals surface area (Å²) in [5, 5.41) is 3.68. The Kier molecular flexibility index (Phi) is 5.88. The molecule has 0 unspecified atom stereocenters. The van der Waals surface area contributed by atoms with Gasteiger partial charge in [-0.25, -0.2) is 10.4 Å². The number of nitrogen functional groups attached to an aromatic ring is 1. The zero-order valence-corrected chi connectivity index (χ0v) is 15.1. The van der Waals surface area contributed by atoms with Crippen molar-refractivity contribution in [1.29, 1.82) is 0 Å². The molecule has 1 heterocycles. The highest BCUT2D eigenvalue weighted by molar-refractivity contribution is 6.46. The van der Waals surface area contributed by atoms with Crippen LogP contribution in [0.3, 0.4) is 0 Å². The number of rotatable bonds is 4. The molecule has 0 aliphatic heterocycles. The van der Waals surface area contributed by atoms with Crippen LogP contribution in [-0.2, 0) is 0 Å². The van der Waals surface area contributed by atoms with Gasteiger partial charge < -0.3 is 10.6 Å². The van der Waals surface area contributed by atoms with Crippen molar-refractivity contribution >= 4 is 58.3 Å². The Bertz CT molecular complexity index is 791. The van der Waals surface area contributed by atoms with Gasteiger partial charge in [0.2, 0.25) is 0 Å². The fourth-order valence-corrected chi connectivity index (χ4v) is 2.35. The number of amides is 1. The lowest BCUT2D eigenvalue weighted by Crippen LogP contribution is -2.20. The number of pyridine rings is 1. The number of carbonyl (C=O) groups is 1. The number of anilines is 2. The fourth-order valence-electron chi connectivity index (χ4n) is 1.76. The Balaban J connectivity index is 2.10. The van der Waals surface area contributed by atoms with E-state index in [0.29, 0.717) is 0 Å². The lowest BCUT2D eigenvalue weighted by Gasteiger charge is -2.11. The van der Waals surface area contributed by atoms with Gasteiger partial charge in [0.25, 0.3) is 5.91 Å². The van der Waals surface area contributed by atoms with E-state index in [9.17, 15) is 4.79 Å². The molecule has 0 aliphatic carbocycles. The fraction of sp³-hybridized carbons (Fsp3) is 0.133. The number of hydrogen-bond acceptors (Lipinski definition) is 5. The van der Waals surface area contributed by atoms with Gasteiger partial charge in [0.05, 0.1) is 16.9 Å². The van der Waals surface area contributed by atoms with Crippen LogP contribution in [0.5, 0.6) is 0 Å². The normalized spacial score (nSPS) is 10.9. The third-order valence-electron chi connectivity index (χ3n) is 3.08. The second kappa shape index (κ2) is 7.70.